The molecule has 0 atom stereocenters. The van der Waals surface area contributed by atoms with Gasteiger partial charge >= 0.3 is 0 Å². The van der Waals surface area contributed by atoms with Crippen molar-refractivity contribution in [1.29, 1.82) is 0 Å². The van der Waals surface area contributed by atoms with Gasteiger partial charge in [-0.25, -0.2) is 4.98 Å². The molecule has 2 fully saturated rings. The van der Waals surface area contributed by atoms with Crippen LogP contribution in [0.2, 0.25) is 0 Å². The SMILES string of the molecule is O=c1cc(NCC2(CO)CC2)nc(C2CC2)[nH]1. The Labute approximate surface area is 99.3 Å². The van der Waals surface area contributed by atoms with E-state index in [0.717, 1.165) is 31.5 Å². The fourth-order valence-electron chi connectivity index (χ4n) is 1.96. The highest BCUT2D eigenvalue weighted by Crippen LogP contribution is 2.44. The van der Waals surface area contributed by atoms with Crippen LogP contribution in [0.5, 0.6) is 0 Å². The Morgan fingerprint density at radius 1 is 1.53 bits per heavy atom. The maximum atomic E-state index is 11.5. The lowest BCUT2D eigenvalue weighted by Crippen LogP contribution is -2.21. The molecule has 1 heterocycles. The number of nitrogens with one attached hydrogen (secondary N) is 2. The summed E-state index contributed by atoms with van der Waals surface area (Å²) in [5.74, 6) is 1.88. The van der Waals surface area contributed by atoms with E-state index >= 15 is 0 Å². The highest BCUT2D eigenvalue weighted by Gasteiger charge is 2.41. The Hall–Kier alpha value is -1.36. The van der Waals surface area contributed by atoms with Crippen molar-refractivity contribution in [3.63, 3.8) is 0 Å². The average molecular weight is 235 g/mol. The molecule has 3 rings (SSSR count). The molecule has 0 bridgehead atoms. The molecule has 5 nitrogen and oxygen atoms in total. The summed E-state index contributed by atoms with van der Waals surface area (Å²) < 4.78 is 0. The summed E-state index contributed by atoms with van der Waals surface area (Å²) in [4.78, 5) is 18.7. The smallest absolute Gasteiger partial charge is 0.252 e. The molecule has 0 saturated heterocycles. The summed E-state index contributed by atoms with van der Waals surface area (Å²) in [6, 6.07) is 1.49. The minimum Gasteiger partial charge on any atom is -0.396 e. The molecular formula is C12H17N3O2. The largest absolute Gasteiger partial charge is 0.396 e. The molecular weight excluding hydrogens is 218 g/mol. The molecule has 2 aliphatic carbocycles. The summed E-state index contributed by atoms with van der Waals surface area (Å²) in [5, 5.41) is 12.4. The summed E-state index contributed by atoms with van der Waals surface area (Å²) in [6.07, 6.45) is 4.34. The molecule has 0 spiro atoms. The third-order valence-electron chi connectivity index (χ3n) is 3.66. The first-order chi connectivity index (χ1) is 8.21. The van der Waals surface area contributed by atoms with Crippen LogP contribution in [0.4, 0.5) is 5.82 Å². The molecule has 0 aromatic carbocycles. The lowest BCUT2D eigenvalue weighted by atomic mass is 10.1. The van der Waals surface area contributed by atoms with Gasteiger partial charge < -0.3 is 15.4 Å². The van der Waals surface area contributed by atoms with Crippen molar-refractivity contribution in [3.05, 3.63) is 22.2 Å². The molecule has 0 amide bonds. The molecule has 2 saturated carbocycles. The Morgan fingerprint density at radius 3 is 2.88 bits per heavy atom. The highest BCUT2D eigenvalue weighted by atomic mass is 16.3. The van der Waals surface area contributed by atoms with Crippen LogP contribution in [0.1, 0.15) is 37.4 Å². The van der Waals surface area contributed by atoms with Gasteiger partial charge in [-0.3, -0.25) is 4.79 Å². The van der Waals surface area contributed by atoms with Gasteiger partial charge in [-0.05, 0) is 25.7 Å². The predicted molar refractivity (Wildman–Crippen MR) is 64.1 cm³/mol. The van der Waals surface area contributed by atoms with E-state index in [1.54, 1.807) is 0 Å². The van der Waals surface area contributed by atoms with Crippen molar-refractivity contribution in [2.75, 3.05) is 18.5 Å². The number of aromatic nitrogens is 2. The number of nitrogens with zero attached hydrogens (tertiary/aromatic N) is 1. The summed E-state index contributed by atoms with van der Waals surface area (Å²) in [7, 11) is 0. The van der Waals surface area contributed by atoms with E-state index in [-0.39, 0.29) is 17.6 Å². The van der Waals surface area contributed by atoms with Crippen LogP contribution in [0.25, 0.3) is 0 Å². The quantitative estimate of drug-likeness (QED) is 0.706. The minimum absolute atomic E-state index is 0.0318. The monoisotopic (exact) mass is 235 g/mol. The summed E-state index contributed by atoms with van der Waals surface area (Å²) in [5.41, 5.74) is -0.0671. The van der Waals surface area contributed by atoms with E-state index in [1.165, 1.54) is 6.07 Å². The lowest BCUT2D eigenvalue weighted by molar-refractivity contribution is 0.219. The van der Waals surface area contributed by atoms with Crippen molar-refractivity contribution in [3.8, 4) is 0 Å². The summed E-state index contributed by atoms with van der Waals surface area (Å²) >= 11 is 0. The molecule has 3 N–H and O–H groups in total. The zero-order valence-electron chi connectivity index (χ0n) is 9.70. The lowest BCUT2D eigenvalue weighted by Gasteiger charge is -2.13. The van der Waals surface area contributed by atoms with Gasteiger partial charge in [-0.2, -0.15) is 0 Å². The van der Waals surface area contributed by atoms with Crippen LogP contribution in [-0.2, 0) is 0 Å². The molecule has 0 aliphatic heterocycles. The Morgan fingerprint density at radius 2 is 2.29 bits per heavy atom. The van der Waals surface area contributed by atoms with Gasteiger partial charge in [0.1, 0.15) is 11.6 Å². The van der Waals surface area contributed by atoms with Gasteiger partial charge in [0.25, 0.3) is 5.56 Å². The van der Waals surface area contributed by atoms with E-state index < -0.39 is 0 Å². The fraction of sp³-hybridized carbons (Fsp3) is 0.667. The zero-order chi connectivity index (χ0) is 11.9. The van der Waals surface area contributed by atoms with Crippen LogP contribution in [-0.4, -0.2) is 28.2 Å². The van der Waals surface area contributed by atoms with E-state index in [0.29, 0.717) is 18.3 Å². The van der Waals surface area contributed by atoms with Crippen LogP contribution in [0.3, 0.4) is 0 Å². The first-order valence-corrected chi connectivity index (χ1v) is 6.17. The predicted octanol–water partition coefficient (Wildman–Crippen LogP) is 0.832. The van der Waals surface area contributed by atoms with Gasteiger partial charge in [-0.1, -0.05) is 0 Å². The number of hydrogen-bond acceptors (Lipinski definition) is 4. The van der Waals surface area contributed by atoms with Gasteiger partial charge in [0.05, 0.1) is 6.61 Å². The maximum Gasteiger partial charge on any atom is 0.252 e. The molecule has 17 heavy (non-hydrogen) atoms. The molecule has 1 aromatic heterocycles. The number of H-pyrrole nitrogens is 1. The second-order valence-electron chi connectivity index (χ2n) is 5.30. The normalized spacial score (nSPS) is 21.2. The van der Waals surface area contributed by atoms with E-state index in [1.807, 2.05) is 0 Å². The standard InChI is InChI=1S/C12H17N3O2/c16-7-12(3-4-12)6-13-9-5-10(17)15-11(14-9)8-1-2-8/h5,8,16H,1-4,6-7H2,(H2,13,14,15,17). The topological polar surface area (TPSA) is 78.0 Å². The Kier molecular flexibility index (Phi) is 2.43. The first-order valence-electron chi connectivity index (χ1n) is 6.17. The van der Waals surface area contributed by atoms with E-state index in [9.17, 15) is 9.90 Å². The highest BCUT2D eigenvalue weighted by molar-refractivity contribution is 5.34. The minimum atomic E-state index is -0.0988. The van der Waals surface area contributed by atoms with E-state index in [4.69, 9.17) is 0 Å². The number of rotatable bonds is 5. The van der Waals surface area contributed by atoms with Crippen molar-refractivity contribution in [2.24, 2.45) is 5.41 Å². The van der Waals surface area contributed by atoms with Crippen LogP contribution < -0.4 is 10.9 Å². The molecule has 5 heteroatoms. The number of aliphatic hydroxyl groups is 1. The molecule has 0 unspecified atom stereocenters. The van der Waals surface area contributed by atoms with Gasteiger partial charge in [0, 0.05) is 23.9 Å². The Bertz CT molecular complexity index is 475. The third kappa shape index (κ3) is 2.34. The van der Waals surface area contributed by atoms with Crippen molar-refractivity contribution >= 4 is 5.82 Å². The maximum absolute atomic E-state index is 11.5. The van der Waals surface area contributed by atoms with Crippen LogP contribution in [0.15, 0.2) is 10.9 Å². The van der Waals surface area contributed by atoms with Crippen molar-refractivity contribution < 1.29 is 5.11 Å². The summed E-state index contributed by atoms with van der Waals surface area (Å²) in [6.45, 7) is 0.905. The van der Waals surface area contributed by atoms with E-state index in [2.05, 4.69) is 15.3 Å². The number of hydrogen-bond donors (Lipinski definition) is 3. The van der Waals surface area contributed by atoms with Crippen LogP contribution >= 0.6 is 0 Å². The third-order valence-corrected chi connectivity index (χ3v) is 3.66. The molecule has 0 radical (unpaired) electrons. The number of aromatic amines is 1. The second kappa shape index (κ2) is 3.84. The van der Waals surface area contributed by atoms with Gasteiger partial charge in [-0.15, -0.1) is 0 Å². The van der Waals surface area contributed by atoms with Gasteiger partial charge in [0.15, 0.2) is 0 Å². The molecule has 92 valence electrons. The molecule has 2 aliphatic rings. The zero-order valence-corrected chi connectivity index (χ0v) is 9.70. The Balaban J connectivity index is 1.71. The second-order valence-corrected chi connectivity index (χ2v) is 5.30. The number of aliphatic hydroxyl groups excluding tert-OH is 1. The van der Waals surface area contributed by atoms with Crippen LogP contribution in [0, 0.1) is 5.41 Å². The van der Waals surface area contributed by atoms with Crippen molar-refractivity contribution in [2.45, 2.75) is 31.6 Å². The molecule has 1 aromatic rings. The first kappa shape index (κ1) is 10.8. The average Bonchev–Trinajstić information content (AvgIpc) is 3.19. The van der Waals surface area contributed by atoms with Gasteiger partial charge in [0.2, 0.25) is 0 Å². The fourth-order valence-corrected chi connectivity index (χ4v) is 1.96. The number of anilines is 1. The van der Waals surface area contributed by atoms with Crippen molar-refractivity contribution in [1.82, 2.24) is 9.97 Å².